The zero-order chi connectivity index (χ0) is 16.4. The Bertz CT molecular complexity index is 488. The van der Waals surface area contributed by atoms with E-state index in [4.69, 9.17) is 5.11 Å². The van der Waals surface area contributed by atoms with E-state index in [9.17, 15) is 13.2 Å². The lowest BCUT2D eigenvalue weighted by Crippen LogP contribution is -2.53. The van der Waals surface area contributed by atoms with Crippen molar-refractivity contribution < 1.29 is 18.3 Å². The third kappa shape index (κ3) is 4.00. The number of nitrogens with zero attached hydrogens (tertiary/aromatic N) is 1. The van der Waals surface area contributed by atoms with Crippen LogP contribution in [0, 0.1) is 11.3 Å². The largest absolute Gasteiger partial charge is 0.480 e. The third-order valence-corrected chi connectivity index (χ3v) is 6.84. The van der Waals surface area contributed by atoms with E-state index in [-0.39, 0.29) is 5.92 Å². The van der Waals surface area contributed by atoms with Crippen LogP contribution in [0.4, 0.5) is 0 Å². The molecule has 7 heteroatoms. The molecule has 0 bridgehead atoms. The molecular formula is C15H28N2O4S. The highest BCUT2D eigenvalue weighted by atomic mass is 32.2. The molecule has 1 spiro atoms. The molecule has 2 rings (SSSR count). The monoisotopic (exact) mass is 332 g/mol. The molecule has 2 aliphatic rings. The van der Waals surface area contributed by atoms with E-state index < -0.39 is 22.2 Å². The lowest BCUT2D eigenvalue weighted by Gasteiger charge is -2.43. The third-order valence-electron chi connectivity index (χ3n) is 5.25. The highest BCUT2D eigenvalue weighted by Crippen LogP contribution is 2.44. The van der Waals surface area contributed by atoms with Crippen LogP contribution in [0.25, 0.3) is 0 Å². The first-order valence-corrected chi connectivity index (χ1v) is 9.70. The van der Waals surface area contributed by atoms with Crippen molar-refractivity contribution in [1.82, 2.24) is 9.03 Å². The van der Waals surface area contributed by atoms with Crippen molar-refractivity contribution >= 4 is 16.2 Å². The van der Waals surface area contributed by atoms with Gasteiger partial charge in [0.15, 0.2) is 0 Å². The summed E-state index contributed by atoms with van der Waals surface area (Å²) in [5, 5.41) is 9.16. The second-order valence-corrected chi connectivity index (χ2v) is 8.84. The molecule has 22 heavy (non-hydrogen) atoms. The van der Waals surface area contributed by atoms with Crippen molar-refractivity contribution in [2.24, 2.45) is 11.3 Å². The molecule has 1 saturated carbocycles. The van der Waals surface area contributed by atoms with Crippen LogP contribution >= 0.6 is 0 Å². The zero-order valence-electron chi connectivity index (χ0n) is 13.5. The fourth-order valence-corrected chi connectivity index (χ4v) is 5.22. The van der Waals surface area contributed by atoms with Gasteiger partial charge in [-0.2, -0.15) is 17.4 Å². The molecule has 1 saturated heterocycles. The summed E-state index contributed by atoms with van der Waals surface area (Å²) < 4.78 is 28.6. The first-order valence-electron chi connectivity index (χ1n) is 8.26. The first-order chi connectivity index (χ1) is 10.3. The van der Waals surface area contributed by atoms with Crippen molar-refractivity contribution in [1.29, 1.82) is 0 Å². The number of carboxylic acids is 1. The Morgan fingerprint density at radius 3 is 2.09 bits per heavy atom. The predicted octanol–water partition coefficient (Wildman–Crippen LogP) is 1.98. The number of carboxylic acid groups (broad SMARTS) is 1. The van der Waals surface area contributed by atoms with Crippen LogP contribution in [0.15, 0.2) is 0 Å². The van der Waals surface area contributed by atoms with Gasteiger partial charge in [-0.1, -0.05) is 33.1 Å². The summed E-state index contributed by atoms with van der Waals surface area (Å²) >= 11 is 0. The average molecular weight is 332 g/mol. The first kappa shape index (κ1) is 17.7. The van der Waals surface area contributed by atoms with Gasteiger partial charge in [0.1, 0.15) is 6.04 Å². The zero-order valence-corrected chi connectivity index (χ0v) is 14.4. The maximum absolute atomic E-state index is 12.4. The Kier molecular flexibility index (Phi) is 5.50. The number of hydrogen-bond acceptors (Lipinski definition) is 3. The van der Waals surface area contributed by atoms with E-state index in [0.29, 0.717) is 18.5 Å². The number of aliphatic carboxylic acids is 1. The van der Waals surface area contributed by atoms with Crippen molar-refractivity contribution in [3.05, 3.63) is 0 Å². The van der Waals surface area contributed by atoms with Crippen LogP contribution in [-0.2, 0) is 15.0 Å². The summed E-state index contributed by atoms with van der Waals surface area (Å²) in [6.07, 6.45) is 8.00. The predicted molar refractivity (Wildman–Crippen MR) is 84.6 cm³/mol. The van der Waals surface area contributed by atoms with Crippen LogP contribution in [0.5, 0.6) is 0 Å². The van der Waals surface area contributed by atoms with E-state index in [2.05, 4.69) is 4.72 Å². The van der Waals surface area contributed by atoms with Gasteiger partial charge in [-0.3, -0.25) is 4.79 Å². The summed E-state index contributed by atoms with van der Waals surface area (Å²) in [7, 11) is -3.73. The molecule has 0 amide bonds. The molecule has 1 aliphatic heterocycles. The highest BCUT2D eigenvalue weighted by molar-refractivity contribution is 7.87. The van der Waals surface area contributed by atoms with Crippen LogP contribution in [0.1, 0.15) is 58.8 Å². The van der Waals surface area contributed by atoms with Crippen LogP contribution < -0.4 is 4.72 Å². The van der Waals surface area contributed by atoms with Crippen LogP contribution in [-0.4, -0.2) is 42.9 Å². The minimum absolute atomic E-state index is 0.290. The van der Waals surface area contributed by atoms with E-state index in [1.807, 2.05) is 0 Å². The summed E-state index contributed by atoms with van der Waals surface area (Å²) in [4.78, 5) is 11.2. The van der Waals surface area contributed by atoms with Crippen molar-refractivity contribution in [2.75, 3.05) is 13.1 Å². The quantitative estimate of drug-likeness (QED) is 0.806. The highest BCUT2D eigenvalue weighted by Gasteiger charge is 2.39. The fraction of sp³-hybridized carbons (Fsp3) is 0.933. The molecule has 6 nitrogen and oxygen atoms in total. The molecule has 1 atom stereocenters. The Balaban J connectivity index is 1.98. The SMILES string of the molecule is CC(C)[C@@H](NS(=O)(=O)N1CCC2(CCCCC2)CC1)C(=O)O. The van der Waals surface area contributed by atoms with Crippen LogP contribution in [0.2, 0.25) is 0 Å². The summed E-state index contributed by atoms with van der Waals surface area (Å²) in [5.41, 5.74) is 0.328. The lowest BCUT2D eigenvalue weighted by atomic mass is 9.68. The van der Waals surface area contributed by atoms with Gasteiger partial charge in [-0.15, -0.1) is 0 Å². The maximum Gasteiger partial charge on any atom is 0.322 e. The Hall–Kier alpha value is -0.660. The molecule has 1 heterocycles. The summed E-state index contributed by atoms with van der Waals surface area (Å²) in [5.74, 6) is -1.42. The molecule has 2 fully saturated rings. The van der Waals surface area contributed by atoms with E-state index in [1.165, 1.54) is 36.4 Å². The molecule has 128 valence electrons. The molecule has 0 aromatic heterocycles. The summed E-state index contributed by atoms with van der Waals surface area (Å²) in [6, 6.07) is -1.07. The molecule has 1 aliphatic carbocycles. The number of rotatable bonds is 5. The van der Waals surface area contributed by atoms with Gasteiger partial charge < -0.3 is 5.11 Å². The van der Waals surface area contributed by atoms with Gasteiger partial charge >= 0.3 is 5.97 Å². The van der Waals surface area contributed by atoms with Gasteiger partial charge in [0.2, 0.25) is 0 Å². The minimum atomic E-state index is -3.73. The Labute approximate surface area is 133 Å². The number of nitrogens with one attached hydrogen (secondary N) is 1. The molecule has 0 aromatic carbocycles. The van der Waals surface area contributed by atoms with Gasteiger partial charge in [-0.05, 0) is 37.0 Å². The van der Waals surface area contributed by atoms with Crippen molar-refractivity contribution in [3.8, 4) is 0 Å². The number of carbonyl (C=O) groups is 1. The van der Waals surface area contributed by atoms with E-state index >= 15 is 0 Å². The standard InChI is InChI=1S/C15H28N2O4S/c1-12(2)13(14(18)19)16-22(20,21)17-10-8-15(9-11-17)6-4-3-5-7-15/h12-13,16H,3-11H2,1-2H3,(H,18,19)/t13-/m1/s1. The fourth-order valence-electron chi connectivity index (χ4n) is 3.71. The van der Waals surface area contributed by atoms with Gasteiger partial charge in [0.05, 0.1) is 0 Å². The van der Waals surface area contributed by atoms with Crippen molar-refractivity contribution in [3.63, 3.8) is 0 Å². The number of hydrogen-bond donors (Lipinski definition) is 2. The normalized spacial score (nSPS) is 24.5. The second-order valence-electron chi connectivity index (χ2n) is 7.14. The van der Waals surface area contributed by atoms with Gasteiger partial charge in [0.25, 0.3) is 10.2 Å². The van der Waals surface area contributed by atoms with Gasteiger partial charge in [-0.25, -0.2) is 0 Å². The smallest absolute Gasteiger partial charge is 0.322 e. The Morgan fingerprint density at radius 2 is 1.64 bits per heavy atom. The maximum atomic E-state index is 12.4. The van der Waals surface area contributed by atoms with E-state index in [0.717, 1.165) is 12.8 Å². The summed E-state index contributed by atoms with van der Waals surface area (Å²) in [6.45, 7) is 4.41. The van der Waals surface area contributed by atoms with Crippen LogP contribution in [0.3, 0.4) is 0 Å². The van der Waals surface area contributed by atoms with Gasteiger partial charge in [0, 0.05) is 13.1 Å². The second kappa shape index (κ2) is 6.84. The van der Waals surface area contributed by atoms with Crippen molar-refractivity contribution in [2.45, 2.75) is 64.8 Å². The molecule has 0 aromatic rings. The molecule has 0 radical (unpaired) electrons. The molecule has 2 N–H and O–H groups in total. The minimum Gasteiger partial charge on any atom is -0.480 e. The lowest BCUT2D eigenvalue weighted by molar-refractivity contribution is -0.140. The number of piperidine rings is 1. The molecular weight excluding hydrogens is 304 g/mol. The molecule has 0 unspecified atom stereocenters. The average Bonchev–Trinajstić information content (AvgIpc) is 2.45. The van der Waals surface area contributed by atoms with E-state index in [1.54, 1.807) is 13.8 Å². The Morgan fingerprint density at radius 1 is 1.09 bits per heavy atom. The topological polar surface area (TPSA) is 86.7 Å².